The maximum absolute atomic E-state index is 12.9. The summed E-state index contributed by atoms with van der Waals surface area (Å²) >= 11 is 0.866. The molecule has 130 valence electrons. The fourth-order valence-corrected chi connectivity index (χ4v) is 6.58. The van der Waals surface area contributed by atoms with Gasteiger partial charge in [-0.1, -0.05) is 48.0 Å². The predicted octanol–water partition coefficient (Wildman–Crippen LogP) is 3.35. The van der Waals surface area contributed by atoms with Crippen molar-refractivity contribution in [2.75, 3.05) is 6.26 Å². The van der Waals surface area contributed by atoms with Crippen LogP contribution in [0.15, 0.2) is 68.7 Å². The first-order chi connectivity index (χ1) is 11.7. The van der Waals surface area contributed by atoms with Gasteiger partial charge in [0.05, 0.1) is 4.90 Å². The third-order valence-electron chi connectivity index (χ3n) is 3.51. The third-order valence-corrected chi connectivity index (χ3v) is 8.39. The van der Waals surface area contributed by atoms with Gasteiger partial charge >= 0.3 is 0 Å². The summed E-state index contributed by atoms with van der Waals surface area (Å²) in [5.41, 5.74) is 1.58. The second-order valence-electron chi connectivity index (χ2n) is 5.57. The zero-order valence-corrected chi connectivity index (χ0v) is 16.0. The molecule has 1 aromatic heterocycles. The average Bonchev–Trinajstić information content (AvgIpc) is 3.02. The minimum atomic E-state index is -4.04. The van der Waals surface area contributed by atoms with E-state index in [0.717, 1.165) is 23.2 Å². The number of rotatable bonds is 4. The van der Waals surface area contributed by atoms with Crippen LogP contribution in [0.2, 0.25) is 0 Å². The Balaban J connectivity index is 2.24. The highest BCUT2D eigenvalue weighted by atomic mass is 32.2. The van der Waals surface area contributed by atoms with Crippen LogP contribution < -0.4 is 0 Å². The SMILES string of the molecule is Cc1ccc(S(=O)(=O)c2nc(-c3ccccc3)sc2S(C)(=O)=O)cc1. The molecule has 0 saturated carbocycles. The second-order valence-corrected chi connectivity index (χ2v) is 10.6. The molecule has 0 aliphatic carbocycles. The standard InChI is InChI=1S/C17H15NO4S3/c1-12-8-10-14(11-9-12)25(21,22)16-17(24(2,19)20)23-15(18-16)13-6-4-3-5-7-13/h3-11H,1-2H3. The van der Waals surface area contributed by atoms with E-state index in [9.17, 15) is 16.8 Å². The van der Waals surface area contributed by atoms with Gasteiger partial charge in [-0.2, -0.15) is 0 Å². The molecule has 0 aliphatic heterocycles. The first kappa shape index (κ1) is 17.8. The summed E-state index contributed by atoms with van der Waals surface area (Å²) in [4.78, 5) is 4.19. The fraction of sp³-hybridized carbons (Fsp3) is 0.118. The van der Waals surface area contributed by atoms with Gasteiger partial charge in [0.25, 0.3) is 0 Å². The molecule has 25 heavy (non-hydrogen) atoms. The number of thiazole rings is 1. The van der Waals surface area contributed by atoms with Crippen molar-refractivity contribution in [2.24, 2.45) is 0 Å². The maximum atomic E-state index is 12.9. The predicted molar refractivity (Wildman–Crippen MR) is 97.3 cm³/mol. The first-order valence-corrected chi connectivity index (χ1v) is 11.5. The first-order valence-electron chi connectivity index (χ1n) is 7.27. The molecular weight excluding hydrogens is 378 g/mol. The quantitative estimate of drug-likeness (QED) is 0.679. The number of aromatic nitrogens is 1. The maximum Gasteiger partial charge on any atom is 0.226 e. The van der Waals surface area contributed by atoms with Crippen molar-refractivity contribution in [3.05, 3.63) is 60.2 Å². The molecule has 5 nitrogen and oxygen atoms in total. The lowest BCUT2D eigenvalue weighted by molar-refractivity contribution is 0.584. The molecule has 0 fully saturated rings. The van der Waals surface area contributed by atoms with Crippen molar-refractivity contribution in [2.45, 2.75) is 21.1 Å². The number of aryl methyl sites for hydroxylation is 1. The Morgan fingerprint density at radius 3 is 2.04 bits per heavy atom. The molecule has 0 aliphatic rings. The van der Waals surface area contributed by atoms with Gasteiger partial charge in [0.2, 0.25) is 9.84 Å². The Kier molecular flexibility index (Phi) is 4.52. The topological polar surface area (TPSA) is 81.2 Å². The number of hydrogen-bond acceptors (Lipinski definition) is 6. The molecule has 0 radical (unpaired) electrons. The second kappa shape index (κ2) is 6.36. The average molecular weight is 394 g/mol. The molecule has 0 bridgehead atoms. The third kappa shape index (κ3) is 3.51. The van der Waals surface area contributed by atoms with E-state index in [0.29, 0.717) is 10.6 Å². The molecule has 0 unspecified atom stereocenters. The lowest BCUT2D eigenvalue weighted by Crippen LogP contribution is -2.08. The lowest BCUT2D eigenvalue weighted by Gasteiger charge is -2.04. The Bertz CT molecular complexity index is 1110. The van der Waals surface area contributed by atoms with Crippen molar-refractivity contribution in [3.8, 4) is 10.6 Å². The van der Waals surface area contributed by atoms with E-state index in [1.165, 1.54) is 12.1 Å². The van der Waals surface area contributed by atoms with Crippen molar-refractivity contribution in [3.63, 3.8) is 0 Å². The van der Waals surface area contributed by atoms with Gasteiger partial charge in [-0.3, -0.25) is 0 Å². The molecule has 8 heteroatoms. The Morgan fingerprint density at radius 1 is 0.880 bits per heavy atom. The van der Waals surface area contributed by atoms with Crippen molar-refractivity contribution < 1.29 is 16.8 Å². The Hall–Kier alpha value is -2.03. The van der Waals surface area contributed by atoms with Crippen molar-refractivity contribution >= 4 is 31.0 Å². The van der Waals surface area contributed by atoms with E-state index >= 15 is 0 Å². The Labute approximate surface area is 150 Å². The van der Waals surface area contributed by atoms with Crippen molar-refractivity contribution in [1.82, 2.24) is 4.98 Å². The van der Waals surface area contributed by atoms with Gasteiger partial charge < -0.3 is 0 Å². The number of sulfone groups is 2. The highest BCUT2D eigenvalue weighted by Crippen LogP contribution is 2.36. The number of nitrogens with zero attached hydrogens (tertiary/aromatic N) is 1. The van der Waals surface area contributed by atoms with Crippen LogP contribution in [-0.2, 0) is 19.7 Å². The summed E-state index contributed by atoms with van der Waals surface area (Å²) in [5, 5.41) is -0.0607. The van der Waals surface area contributed by atoms with Gasteiger partial charge in [0, 0.05) is 11.8 Å². The summed E-state index contributed by atoms with van der Waals surface area (Å²) in [6, 6.07) is 15.1. The van der Waals surface area contributed by atoms with Crippen LogP contribution in [0.4, 0.5) is 0 Å². The van der Waals surface area contributed by atoms with Crippen LogP contribution in [0.3, 0.4) is 0 Å². The van der Waals surface area contributed by atoms with E-state index in [1.54, 1.807) is 36.4 Å². The largest absolute Gasteiger partial charge is 0.226 e. The summed E-state index contributed by atoms with van der Waals surface area (Å²) in [6.45, 7) is 1.84. The monoisotopic (exact) mass is 393 g/mol. The molecule has 3 rings (SSSR count). The molecule has 0 amide bonds. The molecular formula is C17H15NO4S3. The summed E-state index contributed by atoms with van der Waals surface area (Å²) in [7, 11) is -7.78. The zero-order valence-electron chi connectivity index (χ0n) is 13.5. The van der Waals surface area contributed by atoms with Crippen molar-refractivity contribution in [1.29, 1.82) is 0 Å². The molecule has 0 atom stereocenters. The van der Waals surface area contributed by atoms with Crippen LogP contribution in [0.1, 0.15) is 5.56 Å². The van der Waals surface area contributed by atoms with Gasteiger partial charge in [-0.15, -0.1) is 11.3 Å². The van der Waals surface area contributed by atoms with Crippen LogP contribution in [0.5, 0.6) is 0 Å². The molecule has 0 spiro atoms. The minimum absolute atomic E-state index is 0.0212. The van der Waals surface area contributed by atoms with Gasteiger partial charge in [0.1, 0.15) is 5.01 Å². The lowest BCUT2D eigenvalue weighted by atomic mass is 10.2. The van der Waals surface area contributed by atoms with E-state index in [2.05, 4.69) is 4.98 Å². The van der Waals surface area contributed by atoms with E-state index in [-0.39, 0.29) is 9.10 Å². The zero-order chi connectivity index (χ0) is 18.2. The summed E-state index contributed by atoms with van der Waals surface area (Å²) in [6.07, 6.45) is 0.990. The highest BCUT2D eigenvalue weighted by molar-refractivity contribution is 7.95. The van der Waals surface area contributed by atoms with E-state index in [4.69, 9.17) is 0 Å². The van der Waals surface area contributed by atoms with E-state index in [1.807, 2.05) is 13.0 Å². The summed E-state index contributed by atoms with van der Waals surface area (Å²) in [5.74, 6) is 0. The van der Waals surface area contributed by atoms with Gasteiger partial charge in [-0.25, -0.2) is 21.8 Å². The minimum Gasteiger partial charge on any atom is -0.223 e. The van der Waals surface area contributed by atoms with E-state index < -0.39 is 24.7 Å². The fourth-order valence-electron chi connectivity index (χ4n) is 2.23. The normalized spacial score (nSPS) is 12.2. The number of benzene rings is 2. The van der Waals surface area contributed by atoms with Crippen LogP contribution in [-0.4, -0.2) is 28.1 Å². The Morgan fingerprint density at radius 2 is 1.48 bits per heavy atom. The molecule has 0 N–H and O–H groups in total. The molecule has 3 aromatic rings. The highest BCUT2D eigenvalue weighted by Gasteiger charge is 2.31. The van der Waals surface area contributed by atoms with Gasteiger partial charge in [-0.05, 0) is 19.1 Å². The molecule has 0 saturated heterocycles. The molecule has 1 heterocycles. The number of hydrogen-bond donors (Lipinski definition) is 0. The van der Waals surface area contributed by atoms with Gasteiger partial charge in [0.15, 0.2) is 19.1 Å². The molecule has 2 aromatic carbocycles. The summed E-state index contributed by atoms with van der Waals surface area (Å²) < 4.78 is 49.9. The van der Waals surface area contributed by atoms with Crippen LogP contribution >= 0.6 is 11.3 Å². The van der Waals surface area contributed by atoms with Crippen LogP contribution in [0, 0.1) is 6.92 Å². The van der Waals surface area contributed by atoms with Crippen LogP contribution in [0.25, 0.3) is 10.6 Å². The smallest absolute Gasteiger partial charge is 0.223 e.